The summed E-state index contributed by atoms with van der Waals surface area (Å²) < 4.78 is 33.4. The van der Waals surface area contributed by atoms with Crippen molar-refractivity contribution in [1.29, 1.82) is 0 Å². The number of hydrogen-bond acceptors (Lipinski definition) is 6. The Labute approximate surface area is 162 Å². The van der Waals surface area contributed by atoms with E-state index in [4.69, 9.17) is 18.9 Å². The number of amides is 1. The molecule has 0 aliphatic heterocycles. The molecule has 1 N–H and O–H groups in total. The summed E-state index contributed by atoms with van der Waals surface area (Å²) in [6.07, 6.45) is 0.535. The van der Waals surface area contributed by atoms with Crippen LogP contribution in [0.2, 0.25) is 0 Å². The highest BCUT2D eigenvalue weighted by molar-refractivity contribution is 5.92. The van der Waals surface area contributed by atoms with Gasteiger partial charge in [-0.1, -0.05) is 12.1 Å². The minimum absolute atomic E-state index is 0.161. The number of nitrogens with one attached hydrogen (secondary N) is 1. The second-order valence-corrected chi connectivity index (χ2v) is 5.72. The highest BCUT2D eigenvalue weighted by atomic mass is 19.1. The van der Waals surface area contributed by atoms with Crippen molar-refractivity contribution in [3.63, 3.8) is 0 Å². The molecule has 2 aromatic carbocycles. The molecule has 0 heterocycles. The van der Waals surface area contributed by atoms with Gasteiger partial charge in [-0.15, -0.1) is 0 Å². The van der Waals surface area contributed by atoms with Crippen LogP contribution in [0.5, 0.6) is 17.2 Å². The van der Waals surface area contributed by atoms with Crippen LogP contribution in [0.4, 0.5) is 4.39 Å². The Bertz CT molecular complexity index is 797. The number of ether oxygens (including phenoxy) is 4. The van der Waals surface area contributed by atoms with Gasteiger partial charge in [0.25, 0.3) is 5.91 Å². The van der Waals surface area contributed by atoms with E-state index >= 15 is 0 Å². The zero-order valence-corrected chi connectivity index (χ0v) is 15.9. The first-order chi connectivity index (χ1) is 13.5. The average Bonchev–Trinajstić information content (AvgIpc) is 2.72. The lowest BCUT2D eigenvalue weighted by Crippen LogP contribution is -2.30. The summed E-state index contributed by atoms with van der Waals surface area (Å²) in [5.41, 5.74) is 1.05. The fourth-order valence-corrected chi connectivity index (χ4v) is 2.46. The molecule has 0 aromatic heterocycles. The topological polar surface area (TPSA) is 83.1 Å². The van der Waals surface area contributed by atoms with Crippen molar-refractivity contribution in [2.24, 2.45) is 0 Å². The van der Waals surface area contributed by atoms with E-state index < -0.39 is 18.5 Å². The quantitative estimate of drug-likeness (QED) is 0.661. The molecule has 7 nitrogen and oxygen atoms in total. The van der Waals surface area contributed by atoms with Crippen LogP contribution in [0, 0.1) is 5.82 Å². The van der Waals surface area contributed by atoms with Gasteiger partial charge < -0.3 is 24.3 Å². The minimum atomic E-state index is -0.701. The molecule has 0 saturated heterocycles. The highest BCUT2D eigenvalue weighted by Gasteiger charge is 2.18. The van der Waals surface area contributed by atoms with Crippen LogP contribution in [0.25, 0.3) is 0 Å². The van der Waals surface area contributed by atoms with Gasteiger partial charge in [0.15, 0.2) is 18.1 Å². The molecular formula is C20H22FNO6. The Morgan fingerprint density at radius 2 is 1.57 bits per heavy atom. The normalized spacial score (nSPS) is 10.1. The molecule has 0 bridgehead atoms. The molecule has 0 saturated carbocycles. The van der Waals surface area contributed by atoms with Crippen LogP contribution in [0.1, 0.15) is 15.9 Å². The number of carbonyl (C=O) groups is 2. The maximum absolute atomic E-state index is 12.8. The van der Waals surface area contributed by atoms with E-state index in [2.05, 4.69) is 5.32 Å². The fourth-order valence-electron chi connectivity index (χ4n) is 2.46. The van der Waals surface area contributed by atoms with Gasteiger partial charge in [-0.05, 0) is 36.2 Å². The minimum Gasteiger partial charge on any atom is -0.493 e. The number of hydrogen-bond donors (Lipinski definition) is 1. The summed E-state index contributed by atoms with van der Waals surface area (Å²) in [5, 5.41) is 2.64. The molecule has 0 aliphatic rings. The van der Waals surface area contributed by atoms with Gasteiger partial charge in [0.1, 0.15) is 5.82 Å². The molecular weight excluding hydrogens is 369 g/mol. The highest BCUT2D eigenvalue weighted by Crippen LogP contribution is 2.38. The maximum Gasteiger partial charge on any atom is 0.338 e. The van der Waals surface area contributed by atoms with Crippen LogP contribution in [-0.4, -0.2) is 46.4 Å². The summed E-state index contributed by atoms with van der Waals surface area (Å²) in [5.74, 6) is -0.502. The van der Waals surface area contributed by atoms with Crippen molar-refractivity contribution in [2.45, 2.75) is 6.42 Å². The van der Waals surface area contributed by atoms with Gasteiger partial charge in [0.05, 0.1) is 26.9 Å². The lowest BCUT2D eigenvalue weighted by atomic mass is 10.1. The van der Waals surface area contributed by atoms with E-state index in [9.17, 15) is 14.0 Å². The summed E-state index contributed by atoms with van der Waals surface area (Å²) in [4.78, 5) is 24.1. The molecule has 0 aliphatic carbocycles. The van der Waals surface area contributed by atoms with Gasteiger partial charge in [-0.2, -0.15) is 0 Å². The monoisotopic (exact) mass is 391 g/mol. The van der Waals surface area contributed by atoms with E-state index in [1.807, 2.05) is 0 Å². The first-order valence-corrected chi connectivity index (χ1v) is 8.46. The van der Waals surface area contributed by atoms with Gasteiger partial charge in [0.2, 0.25) is 5.75 Å². The van der Waals surface area contributed by atoms with Crippen molar-refractivity contribution < 1.29 is 32.9 Å². The Hall–Kier alpha value is -3.29. The lowest BCUT2D eigenvalue weighted by molar-refractivity contribution is -0.124. The third-order valence-electron chi connectivity index (χ3n) is 3.88. The van der Waals surface area contributed by atoms with Gasteiger partial charge in [-0.25, -0.2) is 9.18 Å². The van der Waals surface area contributed by atoms with Crippen molar-refractivity contribution in [3.05, 3.63) is 53.3 Å². The molecule has 28 heavy (non-hydrogen) atoms. The third-order valence-corrected chi connectivity index (χ3v) is 3.88. The number of esters is 1. The molecule has 8 heteroatoms. The smallest absolute Gasteiger partial charge is 0.338 e. The molecule has 0 radical (unpaired) electrons. The molecule has 0 spiro atoms. The first kappa shape index (κ1) is 21.0. The first-order valence-electron chi connectivity index (χ1n) is 8.46. The SMILES string of the molecule is COc1cc(C(=O)OCC(=O)NCCc2ccc(F)cc2)cc(OC)c1OC. The zero-order chi connectivity index (χ0) is 20.5. The van der Waals surface area contributed by atoms with E-state index in [-0.39, 0.29) is 11.4 Å². The van der Waals surface area contributed by atoms with Gasteiger partial charge >= 0.3 is 5.97 Å². The van der Waals surface area contributed by atoms with Crippen LogP contribution in [0.3, 0.4) is 0 Å². The van der Waals surface area contributed by atoms with E-state index in [0.717, 1.165) is 5.56 Å². The van der Waals surface area contributed by atoms with E-state index in [1.54, 1.807) is 12.1 Å². The van der Waals surface area contributed by atoms with Crippen LogP contribution >= 0.6 is 0 Å². The van der Waals surface area contributed by atoms with E-state index in [0.29, 0.717) is 30.2 Å². The Balaban J connectivity index is 1.87. The van der Waals surface area contributed by atoms with Crippen molar-refractivity contribution >= 4 is 11.9 Å². The van der Waals surface area contributed by atoms with Crippen molar-refractivity contribution in [3.8, 4) is 17.2 Å². The molecule has 2 rings (SSSR count). The predicted octanol–water partition coefficient (Wildman–Crippen LogP) is 2.37. The molecule has 1 amide bonds. The van der Waals surface area contributed by atoms with Crippen molar-refractivity contribution in [2.75, 3.05) is 34.5 Å². The summed E-state index contributed by atoms with van der Waals surface area (Å²) in [6.45, 7) is -0.0922. The molecule has 0 fully saturated rings. The second-order valence-electron chi connectivity index (χ2n) is 5.72. The molecule has 150 valence electrons. The summed E-state index contributed by atoms with van der Waals surface area (Å²) >= 11 is 0. The molecule has 0 atom stereocenters. The standard InChI is InChI=1S/C20H22FNO6/c1-25-16-10-14(11-17(26-2)19(16)27-3)20(24)28-12-18(23)22-9-8-13-4-6-15(21)7-5-13/h4-7,10-11H,8-9,12H2,1-3H3,(H,22,23). The number of rotatable bonds is 9. The Kier molecular flexibility index (Phi) is 7.62. The van der Waals surface area contributed by atoms with Crippen LogP contribution in [0.15, 0.2) is 36.4 Å². The number of methoxy groups -OCH3 is 3. The van der Waals surface area contributed by atoms with Gasteiger partial charge in [0, 0.05) is 6.54 Å². The Morgan fingerprint density at radius 3 is 2.11 bits per heavy atom. The molecule has 0 unspecified atom stereocenters. The maximum atomic E-state index is 12.8. The number of benzene rings is 2. The predicted molar refractivity (Wildman–Crippen MR) is 99.5 cm³/mol. The number of halogens is 1. The summed E-state index contributed by atoms with van der Waals surface area (Å²) in [7, 11) is 4.32. The van der Waals surface area contributed by atoms with Gasteiger partial charge in [-0.3, -0.25) is 4.79 Å². The zero-order valence-electron chi connectivity index (χ0n) is 15.9. The Morgan fingerprint density at radius 1 is 0.964 bits per heavy atom. The summed E-state index contributed by atoms with van der Waals surface area (Å²) in [6, 6.07) is 8.89. The third kappa shape index (κ3) is 5.60. The molecule has 2 aromatic rings. The van der Waals surface area contributed by atoms with Crippen molar-refractivity contribution in [1.82, 2.24) is 5.32 Å². The van der Waals surface area contributed by atoms with Crippen LogP contribution < -0.4 is 19.5 Å². The fraction of sp³-hybridized carbons (Fsp3) is 0.300. The lowest BCUT2D eigenvalue weighted by Gasteiger charge is -2.13. The number of carbonyl (C=O) groups excluding carboxylic acids is 2. The van der Waals surface area contributed by atoms with E-state index in [1.165, 1.54) is 45.6 Å². The average molecular weight is 391 g/mol. The largest absolute Gasteiger partial charge is 0.493 e. The van der Waals surface area contributed by atoms with Crippen LogP contribution in [-0.2, 0) is 16.0 Å². The second kappa shape index (κ2) is 10.1.